The molecule has 1 saturated carbocycles. The summed E-state index contributed by atoms with van der Waals surface area (Å²) in [6.45, 7) is 0.909. The molecular formula is C8H10N4. The fraction of sp³-hybridized carbons (Fsp3) is 0.500. The predicted octanol–water partition coefficient (Wildman–Crippen LogP) is 0.747. The number of hydrogen-bond acceptors (Lipinski definition) is 3. The fourth-order valence-corrected chi connectivity index (χ4v) is 1.18. The van der Waals surface area contributed by atoms with Gasteiger partial charge in [-0.25, -0.2) is 0 Å². The molecule has 0 aromatic carbocycles. The summed E-state index contributed by atoms with van der Waals surface area (Å²) in [7, 11) is 0. The van der Waals surface area contributed by atoms with Crippen molar-refractivity contribution < 1.29 is 0 Å². The van der Waals surface area contributed by atoms with E-state index in [1.54, 1.807) is 10.9 Å². The summed E-state index contributed by atoms with van der Waals surface area (Å²) in [5.41, 5.74) is 5.98. The van der Waals surface area contributed by atoms with Gasteiger partial charge in [0, 0.05) is 12.7 Å². The normalized spacial score (nSPS) is 15.9. The van der Waals surface area contributed by atoms with Crippen LogP contribution in [0.4, 0.5) is 5.82 Å². The van der Waals surface area contributed by atoms with E-state index in [1.807, 2.05) is 6.07 Å². The molecule has 0 bridgehead atoms. The molecule has 1 aliphatic carbocycles. The lowest BCUT2D eigenvalue weighted by molar-refractivity contribution is 0.565. The summed E-state index contributed by atoms with van der Waals surface area (Å²) in [5.74, 6) is 1.11. The van der Waals surface area contributed by atoms with Crippen LogP contribution in [0.15, 0.2) is 6.20 Å². The number of nitrogen functional groups attached to an aromatic ring is 1. The third kappa shape index (κ3) is 1.26. The molecular weight excluding hydrogens is 152 g/mol. The average Bonchev–Trinajstić information content (AvgIpc) is 2.76. The number of hydrogen-bond donors (Lipinski definition) is 1. The standard InChI is InChI=1S/C8H10N4/c9-3-7-5-12(11-8(7)10)4-6-1-2-6/h5-6H,1-2,4H2,(H2,10,11). The number of rotatable bonds is 2. The minimum absolute atomic E-state index is 0.346. The highest BCUT2D eigenvalue weighted by molar-refractivity contribution is 5.46. The third-order valence-electron chi connectivity index (χ3n) is 2.05. The number of anilines is 1. The van der Waals surface area contributed by atoms with Crippen molar-refractivity contribution in [1.29, 1.82) is 5.26 Å². The van der Waals surface area contributed by atoms with Crippen molar-refractivity contribution in [3.63, 3.8) is 0 Å². The largest absolute Gasteiger partial charge is 0.381 e. The number of nitrogens with two attached hydrogens (primary N) is 1. The van der Waals surface area contributed by atoms with E-state index in [9.17, 15) is 0 Å². The van der Waals surface area contributed by atoms with E-state index in [2.05, 4.69) is 5.10 Å². The van der Waals surface area contributed by atoms with Crippen LogP contribution in [-0.4, -0.2) is 9.78 Å². The molecule has 0 unspecified atom stereocenters. The second kappa shape index (κ2) is 2.52. The van der Waals surface area contributed by atoms with Crippen molar-refractivity contribution in [2.45, 2.75) is 19.4 Å². The number of nitrogens with zero attached hydrogens (tertiary/aromatic N) is 3. The molecule has 0 amide bonds. The van der Waals surface area contributed by atoms with Crippen molar-refractivity contribution in [2.75, 3.05) is 5.73 Å². The van der Waals surface area contributed by atoms with Crippen molar-refractivity contribution >= 4 is 5.82 Å². The monoisotopic (exact) mass is 162 g/mol. The van der Waals surface area contributed by atoms with Gasteiger partial charge in [-0.05, 0) is 18.8 Å². The first-order valence-electron chi connectivity index (χ1n) is 4.02. The Morgan fingerprint density at radius 1 is 1.75 bits per heavy atom. The van der Waals surface area contributed by atoms with Gasteiger partial charge in [0.2, 0.25) is 0 Å². The van der Waals surface area contributed by atoms with Crippen LogP contribution in [0, 0.1) is 17.2 Å². The Morgan fingerprint density at radius 3 is 3.00 bits per heavy atom. The molecule has 4 heteroatoms. The number of aromatic nitrogens is 2. The topological polar surface area (TPSA) is 67.6 Å². The van der Waals surface area contributed by atoms with E-state index in [4.69, 9.17) is 11.0 Å². The summed E-state index contributed by atoms with van der Waals surface area (Å²) in [6, 6.07) is 2.00. The van der Waals surface area contributed by atoms with Gasteiger partial charge in [0.25, 0.3) is 0 Å². The lowest BCUT2D eigenvalue weighted by Crippen LogP contribution is -2.00. The molecule has 0 atom stereocenters. The zero-order valence-corrected chi connectivity index (χ0v) is 6.70. The Balaban J connectivity index is 2.16. The zero-order chi connectivity index (χ0) is 8.55. The predicted molar refractivity (Wildman–Crippen MR) is 44.1 cm³/mol. The Morgan fingerprint density at radius 2 is 2.50 bits per heavy atom. The van der Waals surface area contributed by atoms with Crippen LogP contribution in [0.3, 0.4) is 0 Å². The van der Waals surface area contributed by atoms with Gasteiger partial charge in [0.1, 0.15) is 11.6 Å². The Hall–Kier alpha value is -1.50. The third-order valence-corrected chi connectivity index (χ3v) is 2.05. The highest BCUT2D eigenvalue weighted by atomic mass is 15.3. The molecule has 4 nitrogen and oxygen atoms in total. The molecule has 1 fully saturated rings. The van der Waals surface area contributed by atoms with Gasteiger partial charge in [0.15, 0.2) is 5.82 Å². The molecule has 1 aliphatic rings. The Labute approximate surface area is 70.6 Å². The molecule has 0 aliphatic heterocycles. The van der Waals surface area contributed by atoms with E-state index in [0.29, 0.717) is 11.4 Å². The van der Waals surface area contributed by atoms with Gasteiger partial charge in [-0.3, -0.25) is 4.68 Å². The Kier molecular flexibility index (Phi) is 1.51. The van der Waals surface area contributed by atoms with Gasteiger partial charge in [0.05, 0.1) is 0 Å². The molecule has 0 spiro atoms. The van der Waals surface area contributed by atoms with E-state index < -0.39 is 0 Å². The zero-order valence-electron chi connectivity index (χ0n) is 6.70. The van der Waals surface area contributed by atoms with Crippen LogP contribution >= 0.6 is 0 Å². The van der Waals surface area contributed by atoms with Crippen molar-refractivity contribution in [3.8, 4) is 6.07 Å². The molecule has 1 aromatic rings. The smallest absolute Gasteiger partial charge is 0.163 e. The van der Waals surface area contributed by atoms with E-state index >= 15 is 0 Å². The summed E-state index contributed by atoms with van der Waals surface area (Å²) in [6.07, 6.45) is 4.27. The SMILES string of the molecule is N#Cc1cn(CC2CC2)nc1N. The quantitative estimate of drug-likeness (QED) is 0.697. The first-order valence-corrected chi connectivity index (χ1v) is 4.02. The minimum atomic E-state index is 0.346. The van der Waals surface area contributed by atoms with Crippen LogP contribution in [0.25, 0.3) is 0 Å². The highest BCUT2D eigenvalue weighted by Gasteiger charge is 2.22. The average molecular weight is 162 g/mol. The lowest BCUT2D eigenvalue weighted by atomic mass is 10.4. The van der Waals surface area contributed by atoms with Crippen molar-refractivity contribution in [2.24, 2.45) is 5.92 Å². The van der Waals surface area contributed by atoms with Crippen LogP contribution < -0.4 is 5.73 Å². The summed E-state index contributed by atoms with van der Waals surface area (Å²) in [5, 5.41) is 12.6. The van der Waals surface area contributed by atoms with Crippen LogP contribution in [0.5, 0.6) is 0 Å². The highest BCUT2D eigenvalue weighted by Crippen LogP contribution is 2.30. The molecule has 1 heterocycles. The maximum absolute atomic E-state index is 8.60. The summed E-state index contributed by atoms with van der Waals surface area (Å²) in [4.78, 5) is 0. The van der Waals surface area contributed by atoms with Crippen LogP contribution in [-0.2, 0) is 6.54 Å². The molecule has 0 radical (unpaired) electrons. The van der Waals surface area contributed by atoms with Crippen LogP contribution in [0.1, 0.15) is 18.4 Å². The van der Waals surface area contributed by atoms with E-state index in [1.165, 1.54) is 12.8 Å². The fourth-order valence-electron chi connectivity index (χ4n) is 1.18. The maximum atomic E-state index is 8.60. The molecule has 1 aromatic heterocycles. The minimum Gasteiger partial charge on any atom is -0.381 e. The maximum Gasteiger partial charge on any atom is 0.163 e. The van der Waals surface area contributed by atoms with Crippen molar-refractivity contribution in [3.05, 3.63) is 11.8 Å². The first-order chi connectivity index (χ1) is 5.79. The summed E-state index contributed by atoms with van der Waals surface area (Å²) < 4.78 is 1.77. The van der Waals surface area contributed by atoms with Crippen molar-refractivity contribution in [1.82, 2.24) is 9.78 Å². The molecule has 12 heavy (non-hydrogen) atoms. The van der Waals surface area contributed by atoms with Crippen LogP contribution in [0.2, 0.25) is 0 Å². The van der Waals surface area contributed by atoms with Gasteiger partial charge in [-0.15, -0.1) is 0 Å². The second-order valence-electron chi connectivity index (χ2n) is 3.21. The van der Waals surface area contributed by atoms with E-state index in [0.717, 1.165) is 12.5 Å². The van der Waals surface area contributed by atoms with Gasteiger partial charge in [-0.1, -0.05) is 0 Å². The van der Waals surface area contributed by atoms with Gasteiger partial charge in [-0.2, -0.15) is 10.4 Å². The molecule has 62 valence electrons. The first kappa shape index (κ1) is 7.17. The molecule has 0 saturated heterocycles. The number of nitriles is 1. The lowest BCUT2D eigenvalue weighted by Gasteiger charge is -1.95. The molecule has 2 N–H and O–H groups in total. The Bertz CT molecular complexity index is 329. The summed E-state index contributed by atoms with van der Waals surface area (Å²) >= 11 is 0. The van der Waals surface area contributed by atoms with Gasteiger partial charge < -0.3 is 5.73 Å². The van der Waals surface area contributed by atoms with Gasteiger partial charge >= 0.3 is 0 Å². The molecule has 2 rings (SSSR count). The second-order valence-corrected chi connectivity index (χ2v) is 3.21. The van der Waals surface area contributed by atoms with E-state index in [-0.39, 0.29) is 0 Å².